The molecule has 3 rings (SSSR count). The molecule has 9 heteroatoms. The quantitative estimate of drug-likeness (QED) is 0.367. The second-order valence-electron chi connectivity index (χ2n) is 6.72. The summed E-state index contributed by atoms with van der Waals surface area (Å²) in [5.41, 5.74) is 1.22. The van der Waals surface area contributed by atoms with Gasteiger partial charge in [-0.25, -0.2) is 8.42 Å². The summed E-state index contributed by atoms with van der Waals surface area (Å²) in [5.74, 6) is 1.32. The normalized spacial score (nSPS) is 11.3. The van der Waals surface area contributed by atoms with E-state index in [1.54, 1.807) is 62.8 Å². The van der Waals surface area contributed by atoms with E-state index in [1.807, 2.05) is 0 Å². The van der Waals surface area contributed by atoms with E-state index >= 15 is 0 Å². The van der Waals surface area contributed by atoms with E-state index in [0.29, 0.717) is 11.5 Å². The molecule has 0 aliphatic rings. The zero-order valence-electron chi connectivity index (χ0n) is 17.1. The van der Waals surface area contributed by atoms with E-state index in [2.05, 4.69) is 0 Å². The van der Waals surface area contributed by atoms with Crippen molar-refractivity contribution in [3.63, 3.8) is 0 Å². The predicted octanol–water partition coefficient (Wildman–Crippen LogP) is 4.00. The minimum absolute atomic E-state index is 0.0844. The Balaban J connectivity index is 1.98. The molecule has 3 aromatic rings. The highest BCUT2D eigenvalue weighted by atomic mass is 32.2. The number of nitrogens with zero attached hydrogens (tertiary/aromatic N) is 2. The van der Waals surface area contributed by atoms with E-state index in [0.717, 1.165) is 17.2 Å². The van der Waals surface area contributed by atoms with Crippen LogP contribution in [0.4, 0.5) is 5.69 Å². The van der Waals surface area contributed by atoms with Crippen molar-refractivity contribution in [1.29, 1.82) is 0 Å². The van der Waals surface area contributed by atoms with Crippen molar-refractivity contribution < 1.29 is 22.8 Å². The molecular formula is C22H22N2O6S. The lowest BCUT2D eigenvalue weighted by molar-refractivity contribution is -0.385. The third-order valence-electron chi connectivity index (χ3n) is 4.70. The molecule has 0 aromatic heterocycles. The molecule has 0 saturated carbocycles. The number of rotatable bonds is 9. The maximum atomic E-state index is 13.4. The monoisotopic (exact) mass is 442 g/mol. The Kier molecular flexibility index (Phi) is 6.88. The average molecular weight is 442 g/mol. The van der Waals surface area contributed by atoms with E-state index in [9.17, 15) is 18.5 Å². The van der Waals surface area contributed by atoms with Gasteiger partial charge in [0.2, 0.25) is 10.0 Å². The van der Waals surface area contributed by atoms with Gasteiger partial charge >= 0.3 is 0 Å². The minimum atomic E-state index is -4.02. The van der Waals surface area contributed by atoms with Crippen LogP contribution < -0.4 is 9.47 Å². The first-order valence-electron chi connectivity index (χ1n) is 9.34. The summed E-state index contributed by atoms with van der Waals surface area (Å²) in [6.07, 6.45) is 0. The van der Waals surface area contributed by atoms with Gasteiger partial charge in [0.05, 0.1) is 24.0 Å². The molecule has 0 radical (unpaired) electrons. The minimum Gasteiger partial charge on any atom is -0.497 e. The Hall–Kier alpha value is -3.43. The van der Waals surface area contributed by atoms with Crippen molar-refractivity contribution in [3.8, 4) is 11.5 Å². The summed E-state index contributed by atoms with van der Waals surface area (Å²) in [7, 11) is -0.912. The fraction of sp³-hybridized carbons (Fsp3) is 0.182. The zero-order valence-corrected chi connectivity index (χ0v) is 17.9. The third kappa shape index (κ3) is 5.39. The van der Waals surface area contributed by atoms with Gasteiger partial charge in [-0.05, 0) is 41.5 Å². The molecule has 0 amide bonds. The maximum Gasteiger partial charge on any atom is 0.270 e. The van der Waals surface area contributed by atoms with E-state index in [-0.39, 0.29) is 23.7 Å². The Labute approximate surface area is 180 Å². The summed E-state index contributed by atoms with van der Waals surface area (Å²) < 4.78 is 38.4. The molecule has 0 bridgehead atoms. The Morgan fingerprint density at radius 3 is 1.74 bits per heavy atom. The summed E-state index contributed by atoms with van der Waals surface area (Å²) in [6.45, 7) is 0.169. The first kappa shape index (κ1) is 22.3. The SMILES string of the molecule is COc1ccc(CN(Cc2ccc(OC)cc2)S(=O)(=O)c2cccc([N+](=O)[O-])c2)cc1. The van der Waals surface area contributed by atoms with E-state index in [4.69, 9.17) is 9.47 Å². The molecule has 0 unspecified atom stereocenters. The number of nitro groups is 1. The second kappa shape index (κ2) is 9.59. The number of non-ortho nitro benzene ring substituents is 1. The van der Waals surface area contributed by atoms with Crippen molar-refractivity contribution in [1.82, 2.24) is 4.31 Å². The number of hydrogen-bond donors (Lipinski definition) is 0. The highest BCUT2D eigenvalue weighted by molar-refractivity contribution is 7.89. The summed E-state index contributed by atoms with van der Waals surface area (Å²) in [4.78, 5) is 10.4. The molecule has 0 aliphatic carbocycles. The number of hydrogen-bond acceptors (Lipinski definition) is 6. The standard InChI is InChI=1S/C22H22N2O6S/c1-29-20-10-6-17(7-11-20)15-23(16-18-8-12-21(30-2)13-9-18)31(27,28)22-5-3-4-19(14-22)24(25)26/h3-14H,15-16H2,1-2H3. The molecule has 31 heavy (non-hydrogen) atoms. The summed E-state index contributed by atoms with van der Waals surface area (Å²) >= 11 is 0. The molecule has 0 fully saturated rings. The van der Waals surface area contributed by atoms with Gasteiger partial charge in [-0.15, -0.1) is 0 Å². The van der Waals surface area contributed by atoms with E-state index in [1.165, 1.54) is 22.5 Å². The van der Waals surface area contributed by atoms with Crippen LogP contribution in [-0.4, -0.2) is 31.9 Å². The lowest BCUT2D eigenvalue weighted by Crippen LogP contribution is -2.30. The third-order valence-corrected chi connectivity index (χ3v) is 6.49. The molecule has 0 heterocycles. The van der Waals surface area contributed by atoms with Crippen LogP contribution >= 0.6 is 0 Å². The number of methoxy groups -OCH3 is 2. The maximum absolute atomic E-state index is 13.4. The van der Waals surface area contributed by atoms with Gasteiger partial charge in [0.1, 0.15) is 11.5 Å². The van der Waals surface area contributed by atoms with Crippen molar-refractivity contribution in [3.05, 3.63) is 94.0 Å². The molecule has 0 spiro atoms. The molecule has 8 nitrogen and oxygen atoms in total. The van der Waals surface area contributed by atoms with Crippen LogP contribution in [0.25, 0.3) is 0 Å². The van der Waals surface area contributed by atoms with Gasteiger partial charge in [0, 0.05) is 25.2 Å². The van der Waals surface area contributed by atoms with Gasteiger partial charge in [-0.3, -0.25) is 10.1 Å². The fourth-order valence-electron chi connectivity index (χ4n) is 3.00. The van der Waals surface area contributed by atoms with Crippen molar-refractivity contribution in [2.75, 3.05) is 14.2 Å². The fourth-order valence-corrected chi connectivity index (χ4v) is 4.46. The molecule has 0 aliphatic heterocycles. The van der Waals surface area contributed by atoms with Crippen molar-refractivity contribution in [2.24, 2.45) is 0 Å². The first-order valence-corrected chi connectivity index (χ1v) is 10.8. The van der Waals surface area contributed by atoms with Gasteiger partial charge in [-0.1, -0.05) is 30.3 Å². The molecule has 162 valence electrons. The van der Waals surface area contributed by atoms with Crippen molar-refractivity contribution >= 4 is 15.7 Å². The number of ether oxygens (including phenoxy) is 2. The van der Waals surface area contributed by atoms with Crippen LogP contribution in [0.2, 0.25) is 0 Å². The van der Waals surface area contributed by atoms with Gasteiger partial charge in [0.15, 0.2) is 0 Å². The Bertz CT molecular complexity index is 1100. The summed E-state index contributed by atoms with van der Waals surface area (Å²) in [6, 6.07) is 19.2. The largest absolute Gasteiger partial charge is 0.497 e. The lowest BCUT2D eigenvalue weighted by atomic mass is 10.2. The number of nitro benzene ring substituents is 1. The van der Waals surface area contributed by atoms with Crippen LogP contribution in [-0.2, 0) is 23.1 Å². The predicted molar refractivity (Wildman–Crippen MR) is 116 cm³/mol. The molecule has 0 N–H and O–H groups in total. The highest BCUT2D eigenvalue weighted by Crippen LogP contribution is 2.25. The molecular weight excluding hydrogens is 420 g/mol. The Morgan fingerprint density at radius 2 is 1.32 bits per heavy atom. The highest BCUT2D eigenvalue weighted by Gasteiger charge is 2.26. The van der Waals surface area contributed by atoms with Gasteiger partial charge < -0.3 is 9.47 Å². The molecule has 3 aromatic carbocycles. The van der Waals surface area contributed by atoms with Gasteiger partial charge in [-0.2, -0.15) is 4.31 Å². The smallest absolute Gasteiger partial charge is 0.270 e. The van der Waals surface area contributed by atoms with Gasteiger partial charge in [0.25, 0.3) is 5.69 Å². The topological polar surface area (TPSA) is 99.0 Å². The van der Waals surface area contributed by atoms with Crippen LogP contribution in [0.3, 0.4) is 0 Å². The zero-order chi connectivity index (χ0) is 22.4. The van der Waals surface area contributed by atoms with Crippen LogP contribution in [0.1, 0.15) is 11.1 Å². The Morgan fingerprint density at radius 1 is 0.839 bits per heavy atom. The second-order valence-corrected chi connectivity index (χ2v) is 8.66. The number of benzene rings is 3. The lowest BCUT2D eigenvalue weighted by Gasteiger charge is -2.23. The summed E-state index contributed by atoms with van der Waals surface area (Å²) in [5, 5.41) is 11.1. The van der Waals surface area contributed by atoms with Crippen LogP contribution in [0.5, 0.6) is 11.5 Å². The average Bonchev–Trinajstić information content (AvgIpc) is 2.79. The molecule has 0 saturated heterocycles. The van der Waals surface area contributed by atoms with Crippen molar-refractivity contribution in [2.45, 2.75) is 18.0 Å². The van der Waals surface area contributed by atoms with Crippen LogP contribution in [0.15, 0.2) is 77.7 Å². The molecule has 0 atom stereocenters. The first-order chi connectivity index (χ1) is 14.8. The van der Waals surface area contributed by atoms with Crippen LogP contribution in [0, 0.1) is 10.1 Å². The number of sulfonamides is 1. The van der Waals surface area contributed by atoms with E-state index < -0.39 is 14.9 Å².